The van der Waals surface area contributed by atoms with Crippen molar-refractivity contribution in [1.82, 2.24) is 0 Å². The molecular weight excluding hydrogens is 312 g/mol. The monoisotopic (exact) mass is 338 g/mol. The van der Waals surface area contributed by atoms with E-state index in [1.165, 1.54) is 55.7 Å². The summed E-state index contributed by atoms with van der Waals surface area (Å²) in [5.74, 6) is 0. The fraction of sp³-hybridized carbons (Fsp3) is 0.231. The van der Waals surface area contributed by atoms with Crippen LogP contribution in [-0.4, -0.2) is 0 Å². The van der Waals surface area contributed by atoms with Crippen molar-refractivity contribution in [1.29, 1.82) is 0 Å². The second-order valence-electron chi connectivity index (χ2n) is 7.68. The summed E-state index contributed by atoms with van der Waals surface area (Å²) in [7, 11) is 0. The standard InChI is InChI=1S/C26H26/c1-17-11-12-21-15-24(16-23(21)13-17)25-10-6-9-22(25)14-20(4)26-18(2)7-5-8-19(26)3/h5,7-13,15H,4,6,14,16H2,1-3H3. The zero-order valence-electron chi connectivity index (χ0n) is 16.0. The Kier molecular flexibility index (Phi) is 4.28. The molecule has 0 atom stereocenters. The van der Waals surface area contributed by atoms with E-state index >= 15 is 0 Å². The van der Waals surface area contributed by atoms with E-state index in [0.717, 1.165) is 19.3 Å². The highest BCUT2D eigenvalue weighted by Gasteiger charge is 2.21. The number of hydrogen-bond donors (Lipinski definition) is 0. The Labute approximate surface area is 157 Å². The minimum atomic E-state index is 0.935. The molecule has 130 valence electrons. The molecule has 0 aromatic heterocycles. The smallest absolute Gasteiger partial charge is 0.00136 e. The predicted octanol–water partition coefficient (Wildman–Crippen LogP) is 6.91. The van der Waals surface area contributed by atoms with Crippen LogP contribution < -0.4 is 0 Å². The van der Waals surface area contributed by atoms with E-state index in [1.807, 2.05) is 0 Å². The SMILES string of the molecule is C=C(CC1=CCC=C1C1=Cc2ccc(C)cc2C1)c1c(C)cccc1C. The van der Waals surface area contributed by atoms with E-state index in [1.54, 1.807) is 0 Å². The van der Waals surface area contributed by atoms with Crippen molar-refractivity contribution in [2.75, 3.05) is 0 Å². The van der Waals surface area contributed by atoms with Gasteiger partial charge in [0.05, 0.1) is 0 Å². The van der Waals surface area contributed by atoms with Gasteiger partial charge >= 0.3 is 0 Å². The largest absolute Gasteiger partial charge is 0.0949 e. The van der Waals surface area contributed by atoms with Crippen molar-refractivity contribution in [2.45, 2.75) is 40.0 Å². The van der Waals surface area contributed by atoms with Crippen molar-refractivity contribution in [3.8, 4) is 0 Å². The van der Waals surface area contributed by atoms with Gasteiger partial charge in [-0.25, -0.2) is 0 Å². The molecule has 0 saturated carbocycles. The molecule has 0 unspecified atom stereocenters. The topological polar surface area (TPSA) is 0 Å². The summed E-state index contributed by atoms with van der Waals surface area (Å²) < 4.78 is 0. The minimum Gasteiger partial charge on any atom is -0.0949 e. The highest BCUT2D eigenvalue weighted by Crippen LogP contribution is 2.39. The van der Waals surface area contributed by atoms with Crippen molar-refractivity contribution in [2.24, 2.45) is 0 Å². The fourth-order valence-electron chi connectivity index (χ4n) is 4.40. The second-order valence-corrected chi connectivity index (χ2v) is 7.68. The maximum absolute atomic E-state index is 4.43. The van der Waals surface area contributed by atoms with Crippen molar-refractivity contribution >= 4 is 11.6 Å². The van der Waals surface area contributed by atoms with Crippen LogP contribution in [0.15, 0.2) is 71.8 Å². The van der Waals surface area contributed by atoms with E-state index < -0.39 is 0 Å². The first kappa shape index (κ1) is 16.8. The van der Waals surface area contributed by atoms with Gasteiger partial charge in [-0.2, -0.15) is 0 Å². The van der Waals surface area contributed by atoms with Crippen LogP contribution in [0.3, 0.4) is 0 Å². The minimum absolute atomic E-state index is 0.935. The number of aryl methyl sites for hydroxylation is 3. The Morgan fingerprint density at radius 1 is 1.00 bits per heavy atom. The van der Waals surface area contributed by atoms with Crippen molar-refractivity contribution in [3.63, 3.8) is 0 Å². The van der Waals surface area contributed by atoms with Crippen LogP contribution in [0.1, 0.15) is 46.2 Å². The zero-order chi connectivity index (χ0) is 18.3. The van der Waals surface area contributed by atoms with E-state index in [2.05, 4.69) is 82.0 Å². The Morgan fingerprint density at radius 3 is 2.54 bits per heavy atom. The van der Waals surface area contributed by atoms with E-state index in [0.29, 0.717) is 0 Å². The summed E-state index contributed by atoms with van der Waals surface area (Å²) in [5, 5.41) is 0. The quantitative estimate of drug-likeness (QED) is 0.568. The van der Waals surface area contributed by atoms with Crippen LogP contribution in [0.25, 0.3) is 11.6 Å². The Bertz CT molecular complexity index is 972. The lowest BCUT2D eigenvalue weighted by molar-refractivity contribution is 1.16. The van der Waals surface area contributed by atoms with Crippen LogP contribution in [0.4, 0.5) is 0 Å². The molecule has 0 bridgehead atoms. The first-order chi connectivity index (χ1) is 12.5. The molecule has 0 nitrogen and oxygen atoms in total. The predicted molar refractivity (Wildman–Crippen MR) is 113 cm³/mol. The summed E-state index contributed by atoms with van der Waals surface area (Å²) in [6.07, 6.45) is 10.2. The van der Waals surface area contributed by atoms with E-state index in [4.69, 9.17) is 0 Å². The summed E-state index contributed by atoms with van der Waals surface area (Å²) >= 11 is 0. The number of hydrogen-bond acceptors (Lipinski definition) is 0. The van der Waals surface area contributed by atoms with Crippen LogP contribution >= 0.6 is 0 Å². The maximum atomic E-state index is 4.43. The molecule has 2 aliphatic carbocycles. The lowest BCUT2D eigenvalue weighted by Crippen LogP contribution is -1.97. The lowest BCUT2D eigenvalue weighted by atomic mass is 9.89. The normalized spacial score (nSPS) is 15.4. The molecule has 0 heteroatoms. The molecule has 0 heterocycles. The molecule has 0 amide bonds. The molecule has 0 aliphatic heterocycles. The molecular formula is C26H26. The highest BCUT2D eigenvalue weighted by molar-refractivity contribution is 5.76. The third-order valence-electron chi connectivity index (χ3n) is 5.63. The summed E-state index contributed by atoms with van der Waals surface area (Å²) in [5.41, 5.74) is 13.7. The van der Waals surface area contributed by atoms with E-state index in [9.17, 15) is 0 Å². The Hall–Kier alpha value is -2.60. The van der Waals surface area contributed by atoms with Crippen LogP contribution in [0.2, 0.25) is 0 Å². The van der Waals surface area contributed by atoms with Gasteiger partial charge in [-0.15, -0.1) is 0 Å². The molecule has 2 aromatic rings. The first-order valence-electron chi connectivity index (χ1n) is 9.47. The average molecular weight is 338 g/mol. The van der Waals surface area contributed by atoms with Gasteiger partial charge in [0.2, 0.25) is 0 Å². The first-order valence-corrected chi connectivity index (χ1v) is 9.47. The average Bonchev–Trinajstić information content (AvgIpc) is 3.20. The Balaban J connectivity index is 1.56. The molecule has 26 heavy (non-hydrogen) atoms. The molecule has 0 fully saturated rings. The molecule has 2 aromatic carbocycles. The van der Waals surface area contributed by atoms with Crippen LogP contribution in [-0.2, 0) is 6.42 Å². The molecule has 0 N–H and O–H groups in total. The maximum Gasteiger partial charge on any atom is -0.00136 e. The van der Waals surface area contributed by atoms with Gasteiger partial charge in [0.15, 0.2) is 0 Å². The summed E-state index contributed by atoms with van der Waals surface area (Å²) in [4.78, 5) is 0. The molecule has 0 spiro atoms. The Morgan fingerprint density at radius 2 is 1.77 bits per heavy atom. The summed E-state index contributed by atoms with van der Waals surface area (Å²) in [6, 6.07) is 13.3. The molecule has 0 radical (unpaired) electrons. The molecule has 4 rings (SSSR count). The number of fused-ring (bicyclic) bond motifs is 1. The number of rotatable bonds is 4. The van der Waals surface area contributed by atoms with Gasteiger partial charge in [0, 0.05) is 0 Å². The summed E-state index contributed by atoms with van der Waals surface area (Å²) in [6.45, 7) is 11.0. The van der Waals surface area contributed by atoms with Gasteiger partial charge in [0.1, 0.15) is 0 Å². The third kappa shape index (κ3) is 3.01. The number of benzene rings is 2. The van der Waals surface area contributed by atoms with Gasteiger partial charge in [-0.3, -0.25) is 0 Å². The van der Waals surface area contributed by atoms with Gasteiger partial charge in [-0.1, -0.05) is 66.8 Å². The highest BCUT2D eigenvalue weighted by atomic mass is 14.3. The third-order valence-corrected chi connectivity index (χ3v) is 5.63. The second kappa shape index (κ2) is 6.61. The number of allylic oxidation sites excluding steroid dienone is 6. The zero-order valence-corrected chi connectivity index (χ0v) is 16.0. The molecule has 2 aliphatic rings. The lowest BCUT2D eigenvalue weighted by Gasteiger charge is -2.16. The van der Waals surface area contributed by atoms with Gasteiger partial charge in [0.25, 0.3) is 0 Å². The van der Waals surface area contributed by atoms with Crippen molar-refractivity contribution in [3.05, 3.63) is 105 Å². The van der Waals surface area contributed by atoms with Crippen LogP contribution in [0.5, 0.6) is 0 Å². The molecule has 0 saturated heterocycles. The van der Waals surface area contributed by atoms with E-state index in [-0.39, 0.29) is 0 Å². The van der Waals surface area contributed by atoms with Gasteiger partial charge < -0.3 is 0 Å². The van der Waals surface area contributed by atoms with Crippen molar-refractivity contribution < 1.29 is 0 Å². The van der Waals surface area contributed by atoms with Gasteiger partial charge in [-0.05, 0) is 90.1 Å². The van der Waals surface area contributed by atoms with Crippen LogP contribution in [0, 0.1) is 20.8 Å². The fourth-order valence-corrected chi connectivity index (χ4v) is 4.40.